The van der Waals surface area contributed by atoms with Gasteiger partial charge >= 0.3 is 0 Å². The molecule has 0 rings (SSSR count). The van der Waals surface area contributed by atoms with Crippen LogP contribution < -0.4 is 5.73 Å². The van der Waals surface area contributed by atoms with E-state index in [1.54, 1.807) is 0 Å². The first-order chi connectivity index (χ1) is 5.74. The highest BCUT2D eigenvalue weighted by atomic mass is 19.3. The van der Waals surface area contributed by atoms with Gasteiger partial charge in [-0.25, -0.2) is 8.78 Å². The van der Waals surface area contributed by atoms with Gasteiger partial charge in [-0.15, -0.1) is 0 Å². The third kappa shape index (κ3) is 5.39. The zero-order valence-corrected chi connectivity index (χ0v) is 8.24. The minimum atomic E-state index is -2.61. The second kappa shape index (κ2) is 4.40. The van der Waals surface area contributed by atoms with Gasteiger partial charge in [-0.05, 0) is 24.8 Å². The van der Waals surface area contributed by atoms with Gasteiger partial charge in [-0.3, -0.25) is 0 Å². The first-order valence-electron chi connectivity index (χ1n) is 4.25. The van der Waals surface area contributed by atoms with Gasteiger partial charge < -0.3 is 5.73 Å². The summed E-state index contributed by atoms with van der Waals surface area (Å²) in [5.74, 6) is -2.63. The molecule has 0 spiro atoms. The number of hydrogen-bond acceptors (Lipinski definition) is 1. The fourth-order valence-electron chi connectivity index (χ4n) is 0.961. The summed E-state index contributed by atoms with van der Waals surface area (Å²) in [4.78, 5) is 0. The van der Waals surface area contributed by atoms with Crippen LogP contribution >= 0.6 is 0 Å². The van der Waals surface area contributed by atoms with E-state index in [0.717, 1.165) is 6.92 Å². The molecule has 13 heavy (non-hydrogen) atoms. The van der Waals surface area contributed by atoms with E-state index in [1.165, 1.54) is 0 Å². The highest BCUT2D eigenvalue weighted by Crippen LogP contribution is 2.25. The quantitative estimate of drug-likeness (QED) is 0.661. The van der Waals surface area contributed by atoms with E-state index < -0.39 is 5.92 Å². The van der Waals surface area contributed by atoms with Gasteiger partial charge in [0.1, 0.15) is 0 Å². The van der Waals surface area contributed by atoms with Crippen LogP contribution in [0.3, 0.4) is 0 Å². The van der Waals surface area contributed by atoms with Crippen LogP contribution in [0.4, 0.5) is 8.78 Å². The van der Waals surface area contributed by atoms with E-state index in [0.29, 0.717) is 17.7 Å². The standard InChI is InChI=1S/C10H17F2N/c1-7(8(2)9(3)13)5-6-10(4,11)12/h7H,2-3,5-6,13H2,1,4H3. The molecule has 1 atom stereocenters. The van der Waals surface area contributed by atoms with Gasteiger partial charge in [0.25, 0.3) is 0 Å². The molecule has 0 fully saturated rings. The van der Waals surface area contributed by atoms with Crippen LogP contribution in [0, 0.1) is 5.92 Å². The zero-order valence-electron chi connectivity index (χ0n) is 8.24. The molecule has 0 bridgehead atoms. The molecule has 0 aromatic rings. The number of rotatable bonds is 5. The van der Waals surface area contributed by atoms with E-state index in [9.17, 15) is 8.78 Å². The van der Waals surface area contributed by atoms with Crippen LogP contribution in [0.5, 0.6) is 0 Å². The maximum atomic E-state index is 12.5. The summed E-state index contributed by atoms with van der Waals surface area (Å²) in [5.41, 5.74) is 6.43. The Balaban J connectivity index is 3.95. The normalized spacial score (nSPS) is 13.8. The first kappa shape index (κ1) is 12.1. The lowest BCUT2D eigenvalue weighted by Crippen LogP contribution is -2.14. The van der Waals surface area contributed by atoms with Crippen molar-refractivity contribution in [2.75, 3.05) is 0 Å². The molecular formula is C10H17F2N. The Morgan fingerprint density at radius 1 is 1.46 bits per heavy atom. The second-order valence-electron chi connectivity index (χ2n) is 3.56. The van der Waals surface area contributed by atoms with Crippen molar-refractivity contribution in [1.82, 2.24) is 0 Å². The number of halogens is 2. The fourth-order valence-corrected chi connectivity index (χ4v) is 0.961. The maximum Gasteiger partial charge on any atom is 0.245 e. The van der Waals surface area contributed by atoms with E-state index >= 15 is 0 Å². The smallest absolute Gasteiger partial charge is 0.245 e. The molecule has 0 aromatic heterocycles. The van der Waals surface area contributed by atoms with Crippen molar-refractivity contribution in [3.05, 3.63) is 24.4 Å². The highest BCUT2D eigenvalue weighted by Gasteiger charge is 2.22. The molecule has 0 aliphatic heterocycles. The summed E-state index contributed by atoms with van der Waals surface area (Å²) < 4.78 is 24.9. The Bertz CT molecular complexity index is 203. The molecule has 0 radical (unpaired) electrons. The molecule has 0 saturated carbocycles. The van der Waals surface area contributed by atoms with Gasteiger partial charge in [-0.1, -0.05) is 20.1 Å². The average molecular weight is 189 g/mol. The lowest BCUT2D eigenvalue weighted by molar-refractivity contribution is 0.00842. The van der Waals surface area contributed by atoms with Gasteiger partial charge in [0.2, 0.25) is 5.92 Å². The minimum Gasteiger partial charge on any atom is -0.399 e. The molecule has 0 aromatic carbocycles. The lowest BCUT2D eigenvalue weighted by atomic mass is 9.94. The molecule has 0 amide bonds. The maximum absolute atomic E-state index is 12.5. The van der Waals surface area contributed by atoms with Crippen molar-refractivity contribution >= 4 is 0 Å². The Hall–Kier alpha value is -0.860. The largest absolute Gasteiger partial charge is 0.399 e. The highest BCUT2D eigenvalue weighted by molar-refractivity contribution is 5.23. The summed E-state index contributed by atoms with van der Waals surface area (Å²) in [6, 6.07) is 0. The monoisotopic (exact) mass is 189 g/mol. The Kier molecular flexibility index (Phi) is 4.11. The van der Waals surface area contributed by atoms with Crippen molar-refractivity contribution in [1.29, 1.82) is 0 Å². The van der Waals surface area contributed by atoms with Gasteiger partial charge in [0, 0.05) is 12.1 Å². The van der Waals surface area contributed by atoms with Gasteiger partial charge in [0.05, 0.1) is 0 Å². The molecule has 2 N–H and O–H groups in total. The average Bonchev–Trinajstić information content (AvgIpc) is 1.97. The molecule has 1 nitrogen and oxygen atoms in total. The third-order valence-electron chi connectivity index (χ3n) is 2.02. The van der Waals surface area contributed by atoms with Crippen LogP contribution in [-0.4, -0.2) is 5.92 Å². The molecule has 1 unspecified atom stereocenters. The zero-order chi connectivity index (χ0) is 10.6. The van der Waals surface area contributed by atoms with Crippen LogP contribution in [0.2, 0.25) is 0 Å². The minimum absolute atomic E-state index is 0.0247. The number of allylic oxidation sites excluding steroid dienone is 1. The van der Waals surface area contributed by atoms with Crippen LogP contribution in [0.1, 0.15) is 26.7 Å². The number of nitrogens with two attached hydrogens (primary N) is 1. The molecular weight excluding hydrogens is 172 g/mol. The van der Waals surface area contributed by atoms with Crippen LogP contribution in [0.25, 0.3) is 0 Å². The van der Waals surface area contributed by atoms with E-state index in [1.807, 2.05) is 6.92 Å². The summed E-state index contributed by atoms with van der Waals surface area (Å²) in [6.45, 7) is 9.94. The van der Waals surface area contributed by atoms with Crippen molar-refractivity contribution in [2.24, 2.45) is 11.7 Å². The summed E-state index contributed by atoms with van der Waals surface area (Å²) >= 11 is 0. The second-order valence-corrected chi connectivity index (χ2v) is 3.56. The Morgan fingerprint density at radius 2 is 1.92 bits per heavy atom. The molecule has 0 aliphatic rings. The van der Waals surface area contributed by atoms with Gasteiger partial charge in [0.15, 0.2) is 0 Å². The summed E-state index contributed by atoms with van der Waals surface area (Å²) in [5, 5.41) is 0. The van der Waals surface area contributed by atoms with Gasteiger partial charge in [-0.2, -0.15) is 0 Å². The SMILES string of the molecule is C=C(N)C(=C)C(C)CCC(C)(F)F. The number of alkyl halides is 2. The molecule has 0 heterocycles. The molecule has 0 aliphatic carbocycles. The van der Waals surface area contributed by atoms with Crippen LogP contribution in [-0.2, 0) is 0 Å². The predicted octanol–water partition coefficient (Wildman–Crippen LogP) is 3.09. The van der Waals surface area contributed by atoms with Crippen molar-refractivity contribution in [3.8, 4) is 0 Å². The summed E-state index contributed by atoms with van der Waals surface area (Å²) in [6.07, 6.45) is 0.249. The van der Waals surface area contributed by atoms with E-state index in [-0.39, 0.29) is 12.3 Å². The predicted molar refractivity (Wildman–Crippen MR) is 51.5 cm³/mol. The lowest BCUT2D eigenvalue weighted by Gasteiger charge is -2.16. The number of hydrogen-bond donors (Lipinski definition) is 1. The van der Waals surface area contributed by atoms with Crippen molar-refractivity contribution in [3.63, 3.8) is 0 Å². The first-order valence-corrected chi connectivity index (χ1v) is 4.25. The van der Waals surface area contributed by atoms with E-state index in [4.69, 9.17) is 5.73 Å². The Morgan fingerprint density at radius 3 is 2.23 bits per heavy atom. The Labute approximate surface area is 78.3 Å². The third-order valence-corrected chi connectivity index (χ3v) is 2.02. The summed E-state index contributed by atoms with van der Waals surface area (Å²) in [7, 11) is 0. The topological polar surface area (TPSA) is 26.0 Å². The molecule has 76 valence electrons. The van der Waals surface area contributed by atoms with Crippen LogP contribution in [0.15, 0.2) is 24.4 Å². The molecule has 3 heteroatoms. The van der Waals surface area contributed by atoms with Crippen molar-refractivity contribution in [2.45, 2.75) is 32.6 Å². The molecule has 0 saturated heterocycles. The fraction of sp³-hybridized carbons (Fsp3) is 0.600. The van der Waals surface area contributed by atoms with E-state index in [2.05, 4.69) is 13.2 Å². The van der Waals surface area contributed by atoms with Crippen molar-refractivity contribution < 1.29 is 8.78 Å².